The first-order valence-electron chi connectivity index (χ1n) is 4.88. The first-order chi connectivity index (χ1) is 7.99. The molecule has 1 aromatic heterocycles. The summed E-state index contributed by atoms with van der Waals surface area (Å²) in [5.41, 5.74) is 2.50. The summed E-state index contributed by atoms with van der Waals surface area (Å²) in [6.45, 7) is 1.95. The van der Waals surface area contributed by atoms with Crippen molar-refractivity contribution in [2.24, 2.45) is 0 Å². The van der Waals surface area contributed by atoms with E-state index < -0.39 is 6.10 Å². The van der Waals surface area contributed by atoms with Gasteiger partial charge < -0.3 is 5.11 Å². The molecule has 0 aliphatic rings. The summed E-state index contributed by atoms with van der Waals surface area (Å²) in [7, 11) is 0. The summed E-state index contributed by atoms with van der Waals surface area (Å²) >= 11 is 16.6. The van der Waals surface area contributed by atoms with Crippen molar-refractivity contribution in [3.63, 3.8) is 0 Å². The molecule has 1 nitrogen and oxygen atoms in total. The van der Waals surface area contributed by atoms with Crippen molar-refractivity contribution < 1.29 is 5.11 Å². The van der Waals surface area contributed by atoms with Gasteiger partial charge in [0.1, 0.15) is 10.4 Å². The highest BCUT2D eigenvalue weighted by atomic mass is 79.9. The van der Waals surface area contributed by atoms with Crippen LogP contribution in [0.4, 0.5) is 0 Å². The Balaban J connectivity index is 2.43. The second-order valence-electron chi connectivity index (χ2n) is 3.68. The lowest BCUT2D eigenvalue weighted by Crippen LogP contribution is -2.01. The van der Waals surface area contributed by atoms with Crippen LogP contribution in [0, 0.1) is 6.92 Å². The van der Waals surface area contributed by atoms with Crippen molar-refractivity contribution in [2.45, 2.75) is 13.0 Å². The molecule has 5 heteroatoms. The van der Waals surface area contributed by atoms with Crippen LogP contribution in [0.15, 0.2) is 28.7 Å². The maximum atomic E-state index is 10.3. The van der Waals surface area contributed by atoms with E-state index in [9.17, 15) is 5.11 Å². The average Bonchev–Trinajstić information content (AvgIpc) is 2.57. The first-order valence-corrected chi connectivity index (χ1v) is 7.24. The smallest absolute Gasteiger partial charge is 0.107 e. The van der Waals surface area contributed by atoms with Crippen LogP contribution in [0.5, 0.6) is 0 Å². The number of thiophene rings is 1. The summed E-state index contributed by atoms with van der Waals surface area (Å²) < 4.78 is 2.10. The molecule has 0 radical (unpaired) electrons. The summed E-state index contributed by atoms with van der Waals surface area (Å²) in [5.74, 6) is 0. The van der Waals surface area contributed by atoms with Crippen molar-refractivity contribution >= 4 is 50.5 Å². The predicted molar refractivity (Wildman–Crippen MR) is 77.3 cm³/mol. The third-order valence-corrected chi connectivity index (χ3v) is 4.52. The monoisotopic (exact) mass is 350 g/mol. The van der Waals surface area contributed by atoms with Gasteiger partial charge in [-0.1, -0.05) is 45.2 Å². The van der Waals surface area contributed by atoms with Gasteiger partial charge in [0.05, 0.1) is 4.34 Å². The van der Waals surface area contributed by atoms with E-state index in [0.29, 0.717) is 14.2 Å². The van der Waals surface area contributed by atoms with E-state index in [4.69, 9.17) is 23.2 Å². The Morgan fingerprint density at radius 1 is 1.24 bits per heavy atom. The van der Waals surface area contributed by atoms with Gasteiger partial charge >= 0.3 is 0 Å². The van der Waals surface area contributed by atoms with Crippen LogP contribution in [0.2, 0.25) is 8.67 Å². The summed E-state index contributed by atoms with van der Waals surface area (Å²) in [6, 6.07) is 7.44. The molecular formula is C12H9BrCl2OS. The quantitative estimate of drug-likeness (QED) is 0.787. The minimum atomic E-state index is -0.737. The Labute approximate surface area is 122 Å². The number of aliphatic hydroxyl groups excluding tert-OH is 1. The zero-order chi connectivity index (χ0) is 12.6. The molecule has 0 amide bonds. The van der Waals surface area contributed by atoms with Gasteiger partial charge in [0.2, 0.25) is 0 Å². The number of aliphatic hydroxyl groups is 1. The average molecular weight is 352 g/mol. The standard InChI is InChI=1S/C12H9BrCl2OS/c1-6-4-7(13)2-3-8(6)11(16)9-5-10(14)17-12(9)15/h2-5,11,16H,1H3. The third kappa shape index (κ3) is 2.85. The minimum Gasteiger partial charge on any atom is -0.384 e. The lowest BCUT2D eigenvalue weighted by atomic mass is 10.00. The van der Waals surface area contributed by atoms with Gasteiger partial charge in [-0.05, 0) is 36.2 Å². The van der Waals surface area contributed by atoms with Crippen LogP contribution >= 0.6 is 50.5 Å². The third-order valence-electron chi connectivity index (χ3n) is 2.50. The normalized spacial score (nSPS) is 12.8. The maximum Gasteiger partial charge on any atom is 0.107 e. The minimum absolute atomic E-state index is 0.532. The van der Waals surface area contributed by atoms with Gasteiger partial charge in [-0.15, -0.1) is 11.3 Å². The van der Waals surface area contributed by atoms with Crippen molar-refractivity contribution in [1.82, 2.24) is 0 Å². The Morgan fingerprint density at radius 3 is 2.47 bits per heavy atom. The highest BCUT2D eigenvalue weighted by molar-refractivity contribution is 9.10. The molecule has 0 fully saturated rings. The zero-order valence-electron chi connectivity index (χ0n) is 8.88. The molecule has 0 aliphatic heterocycles. The molecule has 2 rings (SSSR count). The highest BCUT2D eigenvalue weighted by Gasteiger charge is 2.18. The van der Waals surface area contributed by atoms with Crippen molar-refractivity contribution in [1.29, 1.82) is 0 Å². The molecule has 1 N–H and O–H groups in total. The molecule has 0 aliphatic carbocycles. The number of benzene rings is 1. The van der Waals surface area contributed by atoms with Crippen molar-refractivity contribution in [3.05, 3.63) is 54.1 Å². The number of aryl methyl sites for hydroxylation is 1. The van der Waals surface area contributed by atoms with Gasteiger partial charge in [0, 0.05) is 10.0 Å². The van der Waals surface area contributed by atoms with Crippen LogP contribution in [-0.4, -0.2) is 5.11 Å². The van der Waals surface area contributed by atoms with E-state index in [1.165, 1.54) is 11.3 Å². The number of rotatable bonds is 2. The first kappa shape index (κ1) is 13.4. The van der Waals surface area contributed by atoms with Crippen LogP contribution in [-0.2, 0) is 0 Å². The van der Waals surface area contributed by atoms with Crippen LogP contribution in [0.3, 0.4) is 0 Å². The fourth-order valence-electron chi connectivity index (χ4n) is 1.65. The molecule has 0 saturated carbocycles. The SMILES string of the molecule is Cc1cc(Br)ccc1C(O)c1cc(Cl)sc1Cl. The number of halogens is 3. The molecule has 1 atom stereocenters. The van der Waals surface area contributed by atoms with Gasteiger partial charge in [0.15, 0.2) is 0 Å². The van der Waals surface area contributed by atoms with E-state index in [0.717, 1.165) is 15.6 Å². The van der Waals surface area contributed by atoms with Gasteiger partial charge in [0.25, 0.3) is 0 Å². The van der Waals surface area contributed by atoms with E-state index in [1.54, 1.807) is 6.07 Å². The topological polar surface area (TPSA) is 20.2 Å². The van der Waals surface area contributed by atoms with Gasteiger partial charge in [-0.25, -0.2) is 0 Å². The Kier molecular flexibility index (Phi) is 4.16. The summed E-state index contributed by atoms with van der Waals surface area (Å²) in [4.78, 5) is 0. The second-order valence-corrected chi connectivity index (χ2v) is 6.88. The molecule has 2 aromatic rings. The molecule has 1 aromatic carbocycles. The summed E-state index contributed by atoms with van der Waals surface area (Å²) in [6.07, 6.45) is -0.737. The molecule has 1 heterocycles. The van der Waals surface area contributed by atoms with Gasteiger partial charge in [-0.2, -0.15) is 0 Å². The largest absolute Gasteiger partial charge is 0.384 e. The maximum absolute atomic E-state index is 10.3. The molecule has 1 unspecified atom stereocenters. The molecule has 0 saturated heterocycles. The lowest BCUT2D eigenvalue weighted by molar-refractivity contribution is 0.220. The molecule has 0 spiro atoms. The number of hydrogen-bond acceptors (Lipinski definition) is 2. The van der Waals surface area contributed by atoms with Crippen LogP contribution < -0.4 is 0 Å². The molecule has 17 heavy (non-hydrogen) atoms. The molecule has 0 bridgehead atoms. The fourth-order valence-corrected chi connectivity index (χ4v) is 3.65. The van der Waals surface area contributed by atoms with E-state index in [2.05, 4.69) is 15.9 Å². The van der Waals surface area contributed by atoms with Crippen LogP contribution in [0.1, 0.15) is 22.8 Å². The van der Waals surface area contributed by atoms with Crippen molar-refractivity contribution in [2.75, 3.05) is 0 Å². The van der Waals surface area contributed by atoms with Crippen LogP contribution in [0.25, 0.3) is 0 Å². The van der Waals surface area contributed by atoms with Gasteiger partial charge in [-0.3, -0.25) is 0 Å². The predicted octanol–water partition coefficient (Wildman–Crippen LogP) is 5.21. The van der Waals surface area contributed by atoms with E-state index in [-0.39, 0.29) is 0 Å². The number of hydrogen-bond donors (Lipinski definition) is 1. The van der Waals surface area contributed by atoms with Crippen molar-refractivity contribution in [3.8, 4) is 0 Å². The Bertz CT molecular complexity index is 553. The lowest BCUT2D eigenvalue weighted by Gasteiger charge is -2.13. The highest BCUT2D eigenvalue weighted by Crippen LogP contribution is 2.38. The second kappa shape index (κ2) is 5.29. The fraction of sp³-hybridized carbons (Fsp3) is 0.167. The summed E-state index contributed by atoms with van der Waals surface area (Å²) in [5, 5.41) is 10.3. The Morgan fingerprint density at radius 2 is 1.94 bits per heavy atom. The van der Waals surface area contributed by atoms with E-state index in [1.807, 2.05) is 25.1 Å². The molecule has 90 valence electrons. The zero-order valence-corrected chi connectivity index (χ0v) is 12.8. The van der Waals surface area contributed by atoms with E-state index >= 15 is 0 Å². The Hall–Kier alpha value is -0.0600. The molecular weight excluding hydrogens is 343 g/mol.